The molecule has 0 fully saturated rings. The quantitative estimate of drug-likeness (QED) is 0.369. The monoisotopic (exact) mass is 356 g/mol. The summed E-state index contributed by atoms with van der Waals surface area (Å²) >= 11 is 0. The number of esters is 1. The van der Waals surface area contributed by atoms with Gasteiger partial charge in [0.2, 0.25) is 0 Å². The van der Waals surface area contributed by atoms with Crippen molar-refractivity contribution in [2.75, 3.05) is 7.11 Å². The minimum absolute atomic E-state index is 0.0403. The number of alkyl carbamates (subject to hydrolysis) is 1. The number of carbonyl (C=O) groups excluding carboxylic acids is 2. The molecular weight excluding hydrogens is 340 g/mol. The maximum absolute atomic E-state index is 11.9. The molecule has 2 aromatic carbocycles. The van der Waals surface area contributed by atoms with E-state index < -0.39 is 17.0 Å². The third-order valence-corrected chi connectivity index (χ3v) is 3.27. The lowest BCUT2D eigenvalue weighted by Gasteiger charge is -2.09. The number of ether oxygens (including phenoxy) is 2. The van der Waals surface area contributed by atoms with Crippen LogP contribution in [0.15, 0.2) is 60.3 Å². The molecule has 0 heterocycles. The highest BCUT2D eigenvalue weighted by atomic mass is 16.6. The normalized spacial score (nSPS) is 10.7. The van der Waals surface area contributed by atoms with Crippen LogP contribution >= 0.6 is 0 Å². The van der Waals surface area contributed by atoms with Gasteiger partial charge in [-0.05, 0) is 29.3 Å². The highest BCUT2D eigenvalue weighted by Crippen LogP contribution is 2.14. The lowest BCUT2D eigenvalue weighted by atomic mass is 10.2. The number of benzene rings is 2. The number of nitro benzene ring substituents is 1. The highest BCUT2D eigenvalue weighted by molar-refractivity contribution is 5.96. The minimum Gasteiger partial charge on any atom is -0.464 e. The largest absolute Gasteiger partial charge is 0.464 e. The van der Waals surface area contributed by atoms with Crippen LogP contribution in [0.5, 0.6) is 0 Å². The van der Waals surface area contributed by atoms with E-state index in [9.17, 15) is 19.7 Å². The van der Waals surface area contributed by atoms with Gasteiger partial charge in [0.15, 0.2) is 0 Å². The van der Waals surface area contributed by atoms with Crippen molar-refractivity contribution in [1.29, 1.82) is 0 Å². The second-order valence-electron chi connectivity index (χ2n) is 5.08. The summed E-state index contributed by atoms with van der Waals surface area (Å²) in [6.45, 7) is 0.0403. The summed E-state index contributed by atoms with van der Waals surface area (Å²) in [5, 5.41) is 13.0. The van der Waals surface area contributed by atoms with Gasteiger partial charge in [0.05, 0.1) is 12.0 Å². The second-order valence-corrected chi connectivity index (χ2v) is 5.08. The smallest absolute Gasteiger partial charge is 0.412 e. The number of methoxy groups -OCH3 is 1. The van der Waals surface area contributed by atoms with E-state index in [1.54, 1.807) is 12.1 Å². The van der Waals surface area contributed by atoms with Gasteiger partial charge in [0.25, 0.3) is 5.69 Å². The molecule has 0 radical (unpaired) electrons. The minimum atomic E-state index is -0.826. The molecule has 2 rings (SSSR count). The summed E-state index contributed by atoms with van der Waals surface area (Å²) < 4.78 is 9.68. The highest BCUT2D eigenvalue weighted by Gasteiger charge is 2.15. The van der Waals surface area contributed by atoms with E-state index in [1.807, 2.05) is 18.2 Å². The number of nitrogens with one attached hydrogen (secondary N) is 1. The van der Waals surface area contributed by atoms with E-state index >= 15 is 0 Å². The van der Waals surface area contributed by atoms with Gasteiger partial charge in [-0.1, -0.05) is 30.3 Å². The van der Waals surface area contributed by atoms with E-state index in [1.165, 1.54) is 37.5 Å². The van der Waals surface area contributed by atoms with Gasteiger partial charge in [-0.25, -0.2) is 9.59 Å². The molecule has 8 nitrogen and oxygen atoms in total. The van der Waals surface area contributed by atoms with E-state index in [0.717, 1.165) is 5.56 Å². The van der Waals surface area contributed by atoms with Crippen LogP contribution in [-0.4, -0.2) is 24.1 Å². The van der Waals surface area contributed by atoms with Gasteiger partial charge in [-0.2, -0.15) is 0 Å². The average molecular weight is 356 g/mol. The molecule has 0 aliphatic carbocycles. The molecule has 0 spiro atoms. The Morgan fingerprint density at radius 2 is 1.77 bits per heavy atom. The van der Waals surface area contributed by atoms with Gasteiger partial charge < -0.3 is 9.47 Å². The molecule has 0 saturated carbocycles. The van der Waals surface area contributed by atoms with Gasteiger partial charge >= 0.3 is 12.1 Å². The summed E-state index contributed by atoms with van der Waals surface area (Å²) in [6, 6.07) is 14.5. The van der Waals surface area contributed by atoms with E-state index in [2.05, 4.69) is 10.1 Å². The Bertz CT molecular complexity index is 815. The zero-order valence-corrected chi connectivity index (χ0v) is 13.9. The first-order valence-electron chi connectivity index (χ1n) is 7.52. The molecule has 26 heavy (non-hydrogen) atoms. The Kier molecular flexibility index (Phi) is 6.44. The number of non-ortho nitro benzene ring substituents is 1. The van der Waals surface area contributed by atoms with Crippen molar-refractivity contribution in [3.05, 3.63) is 81.5 Å². The van der Waals surface area contributed by atoms with E-state index in [4.69, 9.17) is 4.74 Å². The number of nitro groups is 1. The molecule has 0 aliphatic rings. The van der Waals surface area contributed by atoms with Crippen LogP contribution in [0.4, 0.5) is 10.5 Å². The summed E-state index contributed by atoms with van der Waals surface area (Å²) in [4.78, 5) is 33.9. The standard InChI is InChI=1S/C18H16N2O6/c1-25-17(21)16(11-13-7-9-15(10-8-13)20(23)24)19-18(22)26-12-14-5-3-2-4-6-14/h2-11H,12H2,1H3,(H,19,22)/b16-11-. The van der Waals surface area contributed by atoms with Crippen LogP contribution < -0.4 is 5.32 Å². The second kappa shape index (κ2) is 8.97. The van der Waals surface area contributed by atoms with Gasteiger partial charge in [0, 0.05) is 12.1 Å². The molecule has 1 amide bonds. The SMILES string of the molecule is COC(=O)/C(=C/c1ccc([N+](=O)[O-])cc1)NC(=O)OCc1ccccc1. The number of nitrogens with zero attached hydrogens (tertiary/aromatic N) is 1. The Labute approximate surface area is 149 Å². The first-order chi connectivity index (χ1) is 12.5. The maximum Gasteiger partial charge on any atom is 0.412 e. The van der Waals surface area contributed by atoms with Crippen molar-refractivity contribution in [3.8, 4) is 0 Å². The van der Waals surface area contributed by atoms with Crippen molar-refractivity contribution in [3.63, 3.8) is 0 Å². The van der Waals surface area contributed by atoms with Crippen LogP contribution in [-0.2, 0) is 20.9 Å². The topological polar surface area (TPSA) is 108 Å². The molecule has 8 heteroatoms. The molecule has 0 atom stereocenters. The molecule has 0 unspecified atom stereocenters. The zero-order chi connectivity index (χ0) is 18.9. The van der Waals surface area contributed by atoms with E-state index in [0.29, 0.717) is 5.56 Å². The van der Waals surface area contributed by atoms with Crippen molar-refractivity contribution in [1.82, 2.24) is 5.32 Å². The molecule has 0 aromatic heterocycles. The first-order valence-corrected chi connectivity index (χ1v) is 7.52. The molecular formula is C18H16N2O6. The fourth-order valence-corrected chi connectivity index (χ4v) is 1.98. The third-order valence-electron chi connectivity index (χ3n) is 3.27. The average Bonchev–Trinajstić information content (AvgIpc) is 2.66. The van der Waals surface area contributed by atoms with Crippen molar-refractivity contribution in [2.45, 2.75) is 6.61 Å². The zero-order valence-electron chi connectivity index (χ0n) is 13.9. The van der Waals surface area contributed by atoms with Crippen LogP contribution in [0.25, 0.3) is 6.08 Å². The Balaban J connectivity index is 2.07. The molecule has 2 aromatic rings. The van der Waals surface area contributed by atoms with Crippen LogP contribution in [0.3, 0.4) is 0 Å². The lowest BCUT2D eigenvalue weighted by molar-refractivity contribution is -0.384. The molecule has 0 saturated heterocycles. The molecule has 0 aliphatic heterocycles. The van der Waals surface area contributed by atoms with Gasteiger partial charge in [0.1, 0.15) is 12.3 Å². The number of hydrogen-bond donors (Lipinski definition) is 1. The number of rotatable bonds is 6. The van der Waals surface area contributed by atoms with Crippen molar-refractivity contribution >= 4 is 23.8 Å². The molecule has 0 bridgehead atoms. The maximum atomic E-state index is 11.9. The summed E-state index contributed by atoms with van der Waals surface area (Å²) in [5.41, 5.74) is 1.03. The predicted molar refractivity (Wildman–Crippen MR) is 92.9 cm³/mol. The fourth-order valence-electron chi connectivity index (χ4n) is 1.98. The summed E-state index contributed by atoms with van der Waals surface area (Å²) in [5.74, 6) is -0.778. The Hall–Kier alpha value is -3.68. The van der Waals surface area contributed by atoms with Crippen LogP contribution in [0.1, 0.15) is 11.1 Å². The molecule has 134 valence electrons. The fraction of sp³-hybridized carbons (Fsp3) is 0.111. The number of hydrogen-bond acceptors (Lipinski definition) is 6. The Morgan fingerprint density at radius 3 is 2.35 bits per heavy atom. The van der Waals surface area contributed by atoms with Gasteiger partial charge in [-0.15, -0.1) is 0 Å². The van der Waals surface area contributed by atoms with Crippen molar-refractivity contribution in [2.24, 2.45) is 0 Å². The first kappa shape index (κ1) is 18.7. The summed E-state index contributed by atoms with van der Waals surface area (Å²) in [7, 11) is 1.17. The summed E-state index contributed by atoms with van der Waals surface area (Å²) in [6.07, 6.45) is 0.506. The molecule has 1 N–H and O–H groups in total. The number of amides is 1. The van der Waals surface area contributed by atoms with E-state index in [-0.39, 0.29) is 18.0 Å². The van der Waals surface area contributed by atoms with Gasteiger partial charge in [-0.3, -0.25) is 15.4 Å². The lowest BCUT2D eigenvalue weighted by Crippen LogP contribution is -2.28. The third kappa shape index (κ3) is 5.45. The number of carbonyl (C=O) groups is 2. The Morgan fingerprint density at radius 1 is 1.12 bits per heavy atom. The predicted octanol–water partition coefficient (Wildman–Crippen LogP) is 3.04. The van der Waals surface area contributed by atoms with Crippen LogP contribution in [0.2, 0.25) is 0 Å². The van der Waals surface area contributed by atoms with Crippen molar-refractivity contribution < 1.29 is 24.0 Å². The van der Waals surface area contributed by atoms with Crippen LogP contribution in [0, 0.1) is 10.1 Å².